The maximum Gasteiger partial charge on any atom is 0.418 e. The van der Waals surface area contributed by atoms with Crippen molar-refractivity contribution in [3.8, 4) is 0 Å². The summed E-state index contributed by atoms with van der Waals surface area (Å²) in [6, 6.07) is 4.18. The molecule has 0 atom stereocenters. The van der Waals surface area contributed by atoms with E-state index in [0.717, 1.165) is 6.07 Å². The van der Waals surface area contributed by atoms with E-state index in [2.05, 4.69) is 5.32 Å². The lowest BCUT2D eigenvalue weighted by Gasteiger charge is -2.14. The van der Waals surface area contributed by atoms with E-state index in [9.17, 15) is 13.2 Å². The van der Waals surface area contributed by atoms with E-state index < -0.39 is 11.7 Å². The van der Waals surface area contributed by atoms with Gasteiger partial charge >= 0.3 is 6.18 Å². The van der Waals surface area contributed by atoms with Crippen LogP contribution in [0.5, 0.6) is 0 Å². The fourth-order valence-corrected chi connectivity index (χ4v) is 1.25. The second kappa shape index (κ2) is 4.53. The number of halogens is 3. The summed E-state index contributed by atoms with van der Waals surface area (Å²) in [5.74, 6) is 0. The highest BCUT2D eigenvalue weighted by atomic mass is 19.4. The molecule has 15 heavy (non-hydrogen) atoms. The molecule has 0 saturated heterocycles. The lowest BCUT2D eigenvalue weighted by molar-refractivity contribution is -0.137. The van der Waals surface area contributed by atoms with E-state index in [0.29, 0.717) is 18.7 Å². The van der Waals surface area contributed by atoms with Crippen molar-refractivity contribution in [2.24, 2.45) is 5.73 Å². The van der Waals surface area contributed by atoms with Crippen molar-refractivity contribution in [3.05, 3.63) is 29.3 Å². The first-order valence-electron chi connectivity index (χ1n) is 4.57. The summed E-state index contributed by atoms with van der Waals surface area (Å²) in [5.41, 5.74) is 5.24. The number of nitrogens with two attached hydrogens (primary N) is 1. The second-order valence-electron chi connectivity index (χ2n) is 3.26. The van der Waals surface area contributed by atoms with Crippen molar-refractivity contribution in [1.29, 1.82) is 0 Å². The van der Waals surface area contributed by atoms with Crippen LogP contribution in [0.4, 0.5) is 18.9 Å². The number of hydrogen-bond acceptors (Lipinski definition) is 2. The number of anilines is 1. The summed E-state index contributed by atoms with van der Waals surface area (Å²) in [6.07, 6.45) is -4.33. The van der Waals surface area contributed by atoms with Gasteiger partial charge in [-0.2, -0.15) is 13.2 Å². The minimum Gasteiger partial charge on any atom is -0.383 e. The summed E-state index contributed by atoms with van der Waals surface area (Å²) in [4.78, 5) is 0. The van der Waals surface area contributed by atoms with Gasteiger partial charge in [-0.05, 0) is 19.1 Å². The number of benzene rings is 1. The van der Waals surface area contributed by atoms with E-state index in [1.54, 1.807) is 13.0 Å². The fraction of sp³-hybridized carbons (Fsp3) is 0.400. The summed E-state index contributed by atoms with van der Waals surface area (Å²) in [5, 5.41) is 2.65. The van der Waals surface area contributed by atoms with Crippen LogP contribution in [-0.2, 0) is 6.18 Å². The number of alkyl halides is 3. The molecule has 0 amide bonds. The molecule has 0 aliphatic heterocycles. The Bertz CT molecular complexity index is 334. The molecule has 1 aromatic rings. The standard InChI is InChI=1S/C10H13F3N2/c1-7-2-3-9(15-5-4-14)8(6-7)10(11,12)13/h2-3,6,15H,4-5,14H2,1H3. The summed E-state index contributed by atoms with van der Waals surface area (Å²) < 4.78 is 37.8. The normalized spacial score (nSPS) is 11.5. The van der Waals surface area contributed by atoms with Crippen LogP contribution in [0.25, 0.3) is 0 Å². The molecule has 0 radical (unpaired) electrons. The van der Waals surface area contributed by atoms with Crippen LogP contribution in [0, 0.1) is 6.92 Å². The Kier molecular flexibility index (Phi) is 3.57. The third kappa shape index (κ3) is 3.13. The highest BCUT2D eigenvalue weighted by molar-refractivity contribution is 5.54. The molecule has 0 aliphatic carbocycles. The maximum atomic E-state index is 12.6. The number of hydrogen-bond donors (Lipinski definition) is 2. The predicted molar refractivity (Wildman–Crippen MR) is 53.7 cm³/mol. The van der Waals surface area contributed by atoms with Crippen LogP contribution in [0.15, 0.2) is 18.2 Å². The highest BCUT2D eigenvalue weighted by Gasteiger charge is 2.33. The lowest BCUT2D eigenvalue weighted by atomic mass is 10.1. The minimum atomic E-state index is -4.33. The van der Waals surface area contributed by atoms with E-state index in [1.165, 1.54) is 6.07 Å². The van der Waals surface area contributed by atoms with Crippen molar-refractivity contribution in [2.45, 2.75) is 13.1 Å². The third-order valence-electron chi connectivity index (χ3n) is 1.94. The topological polar surface area (TPSA) is 38.0 Å². The van der Waals surface area contributed by atoms with Crippen LogP contribution in [0.3, 0.4) is 0 Å². The largest absolute Gasteiger partial charge is 0.418 e. The number of nitrogens with one attached hydrogen (secondary N) is 1. The molecular weight excluding hydrogens is 205 g/mol. The highest BCUT2D eigenvalue weighted by Crippen LogP contribution is 2.35. The molecule has 0 unspecified atom stereocenters. The molecule has 0 aliphatic rings. The van der Waals surface area contributed by atoms with E-state index in [1.807, 2.05) is 0 Å². The minimum absolute atomic E-state index is 0.0820. The zero-order valence-electron chi connectivity index (χ0n) is 8.36. The van der Waals surface area contributed by atoms with Crippen LogP contribution in [0.2, 0.25) is 0 Å². The molecular formula is C10H13F3N2. The van der Waals surface area contributed by atoms with Gasteiger partial charge in [-0.3, -0.25) is 0 Å². The van der Waals surface area contributed by atoms with Gasteiger partial charge in [0.2, 0.25) is 0 Å². The Hall–Kier alpha value is -1.23. The summed E-state index contributed by atoms with van der Waals surface area (Å²) in [6.45, 7) is 2.25. The maximum absolute atomic E-state index is 12.6. The Morgan fingerprint density at radius 2 is 2.00 bits per heavy atom. The van der Waals surface area contributed by atoms with Crippen molar-refractivity contribution in [1.82, 2.24) is 0 Å². The van der Waals surface area contributed by atoms with Gasteiger partial charge < -0.3 is 11.1 Å². The van der Waals surface area contributed by atoms with E-state index in [-0.39, 0.29) is 5.69 Å². The Labute approximate surface area is 86.3 Å². The zero-order chi connectivity index (χ0) is 11.5. The second-order valence-corrected chi connectivity index (χ2v) is 3.26. The van der Waals surface area contributed by atoms with E-state index >= 15 is 0 Å². The van der Waals surface area contributed by atoms with Crippen LogP contribution >= 0.6 is 0 Å². The smallest absolute Gasteiger partial charge is 0.383 e. The van der Waals surface area contributed by atoms with Gasteiger partial charge in [-0.1, -0.05) is 11.6 Å². The quantitative estimate of drug-likeness (QED) is 0.817. The summed E-state index contributed by atoms with van der Waals surface area (Å²) in [7, 11) is 0. The Morgan fingerprint density at radius 3 is 2.53 bits per heavy atom. The summed E-state index contributed by atoms with van der Waals surface area (Å²) >= 11 is 0. The van der Waals surface area contributed by atoms with Crippen molar-refractivity contribution >= 4 is 5.69 Å². The van der Waals surface area contributed by atoms with Crippen molar-refractivity contribution < 1.29 is 13.2 Å². The molecule has 5 heteroatoms. The molecule has 1 rings (SSSR count). The monoisotopic (exact) mass is 218 g/mol. The molecule has 84 valence electrons. The van der Waals surface area contributed by atoms with Crippen LogP contribution in [-0.4, -0.2) is 13.1 Å². The van der Waals surface area contributed by atoms with Gasteiger partial charge in [0.25, 0.3) is 0 Å². The van der Waals surface area contributed by atoms with Gasteiger partial charge in [-0.15, -0.1) is 0 Å². The van der Waals surface area contributed by atoms with Crippen LogP contribution < -0.4 is 11.1 Å². The van der Waals surface area contributed by atoms with Gasteiger partial charge in [-0.25, -0.2) is 0 Å². The van der Waals surface area contributed by atoms with Crippen molar-refractivity contribution in [3.63, 3.8) is 0 Å². The van der Waals surface area contributed by atoms with Gasteiger partial charge in [0, 0.05) is 18.8 Å². The molecule has 0 aromatic heterocycles. The first-order chi connectivity index (χ1) is 6.95. The Balaban J connectivity index is 3.04. The van der Waals surface area contributed by atoms with Gasteiger partial charge in [0.15, 0.2) is 0 Å². The predicted octanol–water partition coefficient (Wildman–Crippen LogP) is 2.38. The number of rotatable bonds is 3. The molecule has 0 spiro atoms. The average molecular weight is 218 g/mol. The molecule has 0 bridgehead atoms. The van der Waals surface area contributed by atoms with E-state index in [4.69, 9.17) is 5.73 Å². The Morgan fingerprint density at radius 1 is 1.33 bits per heavy atom. The molecule has 1 aromatic carbocycles. The molecule has 0 fully saturated rings. The molecule has 3 N–H and O–H groups in total. The molecule has 0 saturated carbocycles. The molecule has 0 heterocycles. The lowest BCUT2D eigenvalue weighted by Crippen LogP contribution is -2.16. The molecule has 2 nitrogen and oxygen atoms in total. The van der Waals surface area contributed by atoms with Gasteiger partial charge in [0.1, 0.15) is 0 Å². The van der Waals surface area contributed by atoms with Gasteiger partial charge in [0.05, 0.1) is 5.56 Å². The fourth-order valence-electron chi connectivity index (χ4n) is 1.25. The average Bonchev–Trinajstić information content (AvgIpc) is 2.14. The van der Waals surface area contributed by atoms with Crippen molar-refractivity contribution in [2.75, 3.05) is 18.4 Å². The number of aryl methyl sites for hydroxylation is 1. The zero-order valence-corrected chi connectivity index (χ0v) is 8.36. The van der Waals surface area contributed by atoms with Crippen LogP contribution in [0.1, 0.15) is 11.1 Å². The first kappa shape index (κ1) is 11.8. The third-order valence-corrected chi connectivity index (χ3v) is 1.94. The first-order valence-corrected chi connectivity index (χ1v) is 4.57. The SMILES string of the molecule is Cc1ccc(NCCN)c(C(F)(F)F)c1.